The molecule has 0 saturated carbocycles. The van der Waals surface area contributed by atoms with Crippen LogP contribution < -0.4 is 9.80 Å². The molecule has 0 heterocycles. The number of hydrogen-bond donors (Lipinski definition) is 1. The Kier molecular flexibility index (Phi) is 5.89. The topological polar surface area (TPSA) is 77.9 Å². The molecule has 0 aliphatic rings. The van der Waals surface area contributed by atoms with Gasteiger partial charge in [0.25, 0.3) is 0 Å². The lowest BCUT2D eigenvalue weighted by atomic mass is 10.1. The number of carbonyl (C=O) groups excluding carboxylic acids is 2. The van der Waals surface area contributed by atoms with Gasteiger partial charge in [-0.3, -0.25) is 19.3 Å². The van der Waals surface area contributed by atoms with E-state index in [1.807, 2.05) is 6.07 Å². The van der Waals surface area contributed by atoms with Crippen molar-refractivity contribution < 1.29 is 19.5 Å². The Morgan fingerprint density at radius 3 is 1.84 bits per heavy atom. The Morgan fingerprint density at radius 1 is 0.920 bits per heavy atom. The Labute approximate surface area is 146 Å². The maximum absolute atomic E-state index is 13.0. The fourth-order valence-corrected chi connectivity index (χ4v) is 2.64. The molecule has 0 spiro atoms. The van der Waals surface area contributed by atoms with Crippen LogP contribution in [0.2, 0.25) is 0 Å². The first-order chi connectivity index (χ1) is 11.9. The van der Waals surface area contributed by atoms with E-state index in [9.17, 15) is 14.4 Å². The second-order valence-electron chi connectivity index (χ2n) is 5.55. The number of amides is 2. The van der Waals surface area contributed by atoms with Crippen molar-refractivity contribution in [3.05, 3.63) is 60.7 Å². The summed E-state index contributed by atoms with van der Waals surface area (Å²) in [6.07, 6.45) is 0. The van der Waals surface area contributed by atoms with E-state index in [0.717, 1.165) is 0 Å². The molecule has 6 nitrogen and oxygen atoms in total. The van der Waals surface area contributed by atoms with Crippen molar-refractivity contribution in [2.75, 3.05) is 16.3 Å². The molecule has 0 unspecified atom stereocenters. The minimum Gasteiger partial charge on any atom is -0.480 e. The van der Waals surface area contributed by atoms with Crippen LogP contribution >= 0.6 is 0 Å². The van der Waals surface area contributed by atoms with Crippen LogP contribution in [0.4, 0.5) is 11.4 Å². The van der Waals surface area contributed by atoms with Gasteiger partial charge in [-0.1, -0.05) is 36.4 Å². The predicted octanol–water partition coefficient (Wildman–Crippen LogP) is 2.55. The number of anilines is 2. The molecule has 25 heavy (non-hydrogen) atoms. The maximum atomic E-state index is 13.0. The summed E-state index contributed by atoms with van der Waals surface area (Å²) in [4.78, 5) is 38.8. The van der Waals surface area contributed by atoms with Gasteiger partial charge in [0.2, 0.25) is 11.8 Å². The summed E-state index contributed by atoms with van der Waals surface area (Å²) in [6.45, 7) is 2.49. The molecule has 6 heteroatoms. The van der Waals surface area contributed by atoms with E-state index in [-0.39, 0.29) is 5.91 Å². The average molecular weight is 340 g/mol. The Morgan fingerprint density at radius 2 is 1.40 bits per heavy atom. The third-order valence-corrected chi connectivity index (χ3v) is 3.75. The number of carboxylic acids is 1. The molecular weight excluding hydrogens is 320 g/mol. The molecule has 0 aliphatic carbocycles. The van der Waals surface area contributed by atoms with Crippen molar-refractivity contribution in [3.63, 3.8) is 0 Å². The standard InChI is InChI=1S/C19H20N2O4/c1-14(21(15(2)22)17-11-7-4-8-12-17)19(25)20(13-18(23)24)16-9-5-3-6-10-16/h3-12,14H,13H2,1-2H3,(H,23,24)/t14-/m0/s1. The first kappa shape index (κ1) is 18.2. The van der Waals surface area contributed by atoms with Crippen LogP contribution in [0.5, 0.6) is 0 Å². The molecule has 0 fully saturated rings. The van der Waals surface area contributed by atoms with Gasteiger partial charge in [0.1, 0.15) is 12.6 Å². The third-order valence-electron chi connectivity index (χ3n) is 3.75. The molecule has 1 atom stereocenters. The van der Waals surface area contributed by atoms with Gasteiger partial charge in [-0.05, 0) is 31.2 Å². The van der Waals surface area contributed by atoms with Crippen LogP contribution in [0.1, 0.15) is 13.8 Å². The third kappa shape index (κ3) is 4.44. The molecule has 1 N–H and O–H groups in total. The quantitative estimate of drug-likeness (QED) is 0.876. The van der Waals surface area contributed by atoms with Gasteiger partial charge in [0, 0.05) is 18.3 Å². The van der Waals surface area contributed by atoms with E-state index in [0.29, 0.717) is 11.4 Å². The lowest BCUT2D eigenvalue weighted by molar-refractivity contribution is -0.136. The molecule has 0 saturated heterocycles. The molecule has 0 bridgehead atoms. The summed E-state index contributed by atoms with van der Waals surface area (Å²) in [5, 5.41) is 9.17. The molecule has 2 rings (SSSR count). The Hall–Kier alpha value is -3.15. The Balaban J connectivity index is 2.36. The van der Waals surface area contributed by atoms with Gasteiger partial charge < -0.3 is 10.0 Å². The number of para-hydroxylation sites is 2. The zero-order valence-electron chi connectivity index (χ0n) is 14.1. The molecule has 130 valence electrons. The van der Waals surface area contributed by atoms with Gasteiger partial charge in [0.05, 0.1) is 0 Å². The number of nitrogens with zero attached hydrogens (tertiary/aromatic N) is 2. The van der Waals surface area contributed by atoms with Crippen molar-refractivity contribution >= 4 is 29.2 Å². The van der Waals surface area contributed by atoms with Crippen molar-refractivity contribution in [3.8, 4) is 0 Å². The van der Waals surface area contributed by atoms with Gasteiger partial charge in [-0.15, -0.1) is 0 Å². The second kappa shape index (κ2) is 8.10. The fourth-order valence-electron chi connectivity index (χ4n) is 2.64. The van der Waals surface area contributed by atoms with E-state index in [1.165, 1.54) is 16.7 Å². The number of carboxylic acid groups (broad SMARTS) is 1. The molecular formula is C19H20N2O4. The van der Waals surface area contributed by atoms with Crippen molar-refractivity contribution in [1.82, 2.24) is 0 Å². The highest BCUT2D eigenvalue weighted by Crippen LogP contribution is 2.21. The van der Waals surface area contributed by atoms with Crippen molar-refractivity contribution in [2.45, 2.75) is 19.9 Å². The molecule has 0 aliphatic heterocycles. The average Bonchev–Trinajstić information content (AvgIpc) is 2.60. The van der Waals surface area contributed by atoms with Crippen LogP contribution in [0.3, 0.4) is 0 Å². The van der Waals surface area contributed by atoms with E-state index in [2.05, 4.69) is 0 Å². The summed E-state index contributed by atoms with van der Waals surface area (Å²) >= 11 is 0. The van der Waals surface area contributed by atoms with Crippen LogP contribution in [-0.4, -0.2) is 35.5 Å². The van der Waals surface area contributed by atoms with E-state index >= 15 is 0 Å². The summed E-state index contributed by atoms with van der Waals surface area (Å²) in [7, 11) is 0. The number of rotatable bonds is 6. The number of hydrogen-bond acceptors (Lipinski definition) is 3. The van der Waals surface area contributed by atoms with E-state index in [4.69, 9.17) is 5.11 Å². The smallest absolute Gasteiger partial charge is 0.323 e. The number of carbonyl (C=O) groups is 3. The van der Waals surface area contributed by atoms with Crippen LogP contribution in [0.15, 0.2) is 60.7 Å². The van der Waals surface area contributed by atoms with Gasteiger partial charge in [-0.2, -0.15) is 0 Å². The zero-order valence-corrected chi connectivity index (χ0v) is 14.1. The summed E-state index contributed by atoms with van der Waals surface area (Å²) in [6, 6.07) is 16.5. The normalized spacial score (nSPS) is 11.4. The van der Waals surface area contributed by atoms with Crippen LogP contribution in [-0.2, 0) is 14.4 Å². The molecule has 0 aromatic heterocycles. The number of benzene rings is 2. The minimum atomic E-state index is -1.13. The summed E-state index contributed by atoms with van der Waals surface area (Å²) < 4.78 is 0. The molecule has 0 radical (unpaired) electrons. The lowest BCUT2D eigenvalue weighted by Gasteiger charge is -2.31. The summed E-state index contributed by atoms with van der Waals surface area (Å²) in [5.74, 6) is -1.89. The molecule has 2 amide bonds. The first-order valence-electron chi connectivity index (χ1n) is 7.85. The highest BCUT2D eigenvalue weighted by molar-refractivity contribution is 6.06. The van der Waals surface area contributed by atoms with E-state index in [1.54, 1.807) is 61.5 Å². The number of aliphatic carboxylic acids is 1. The molecule has 2 aromatic carbocycles. The second-order valence-corrected chi connectivity index (χ2v) is 5.55. The van der Waals surface area contributed by atoms with Crippen LogP contribution in [0, 0.1) is 0 Å². The largest absolute Gasteiger partial charge is 0.480 e. The summed E-state index contributed by atoms with van der Waals surface area (Å²) in [5.41, 5.74) is 1.05. The maximum Gasteiger partial charge on any atom is 0.323 e. The van der Waals surface area contributed by atoms with Crippen molar-refractivity contribution in [2.24, 2.45) is 0 Å². The lowest BCUT2D eigenvalue weighted by Crippen LogP contribution is -2.50. The van der Waals surface area contributed by atoms with Crippen LogP contribution in [0.25, 0.3) is 0 Å². The minimum absolute atomic E-state index is 0.296. The Bertz CT molecular complexity index is 747. The zero-order chi connectivity index (χ0) is 18.4. The fraction of sp³-hybridized carbons (Fsp3) is 0.211. The molecule has 2 aromatic rings. The SMILES string of the molecule is CC(=O)N(c1ccccc1)[C@@H](C)C(=O)N(CC(=O)O)c1ccccc1. The van der Waals surface area contributed by atoms with E-state index < -0.39 is 24.5 Å². The van der Waals surface area contributed by atoms with Crippen molar-refractivity contribution in [1.29, 1.82) is 0 Å². The van der Waals surface area contributed by atoms with Gasteiger partial charge in [0.15, 0.2) is 0 Å². The highest BCUT2D eigenvalue weighted by Gasteiger charge is 2.30. The monoisotopic (exact) mass is 340 g/mol. The van der Waals surface area contributed by atoms with Gasteiger partial charge >= 0.3 is 5.97 Å². The highest BCUT2D eigenvalue weighted by atomic mass is 16.4. The van der Waals surface area contributed by atoms with Gasteiger partial charge in [-0.25, -0.2) is 0 Å². The first-order valence-corrected chi connectivity index (χ1v) is 7.85. The predicted molar refractivity (Wildman–Crippen MR) is 95.5 cm³/mol.